The van der Waals surface area contributed by atoms with Crippen LogP contribution < -0.4 is 5.32 Å². The maximum absolute atomic E-state index is 5.17. The van der Waals surface area contributed by atoms with Crippen molar-refractivity contribution in [2.24, 2.45) is 5.92 Å². The van der Waals surface area contributed by atoms with E-state index in [0.717, 1.165) is 12.5 Å². The molecule has 2 saturated heterocycles. The van der Waals surface area contributed by atoms with Crippen molar-refractivity contribution in [3.63, 3.8) is 0 Å². The molecule has 2 aliphatic heterocycles. The normalized spacial score (nSPS) is 34.1. The molecule has 0 amide bonds. The van der Waals surface area contributed by atoms with Gasteiger partial charge >= 0.3 is 0 Å². The van der Waals surface area contributed by atoms with Gasteiger partial charge in [-0.05, 0) is 44.8 Å². The van der Waals surface area contributed by atoms with E-state index in [1.807, 2.05) is 0 Å². The van der Waals surface area contributed by atoms with Crippen molar-refractivity contribution in [1.29, 1.82) is 0 Å². The second-order valence-corrected chi connectivity index (χ2v) is 4.67. The van der Waals surface area contributed by atoms with E-state index in [4.69, 9.17) is 4.74 Å². The molecule has 2 atom stereocenters. The third-order valence-corrected chi connectivity index (χ3v) is 3.40. The van der Waals surface area contributed by atoms with E-state index in [-0.39, 0.29) is 0 Å². The molecule has 0 aromatic rings. The SMILES string of the molecule is COCC1CC(CN2CCCC2)CN1. The number of methoxy groups -OCH3 is 1. The van der Waals surface area contributed by atoms with Crippen LogP contribution in [-0.2, 0) is 4.74 Å². The standard InChI is InChI=1S/C11H22N2O/c1-14-9-11-6-10(7-12-11)8-13-4-2-3-5-13/h10-12H,2-9H2,1H3. The van der Waals surface area contributed by atoms with Crippen molar-refractivity contribution in [3.8, 4) is 0 Å². The van der Waals surface area contributed by atoms with Gasteiger partial charge in [0.05, 0.1) is 6.61 Å². The summed E-state index contributed by atoms with van der Waals surface area (Å²) in [7, 11) is 1.79. The molecule has 2 rings (SSSR count). The molecule has 3 heteroatoms. The molecule has 2 aliphatic rings. The Balaban J connectivity index is 1.67. The van der Waals surface area contributed by atoms with Crippen LogP contribution in [0, 0.1) is 5.92 Å². The molecular formula is C11H22N2O. The number of nitrogens with zero attached hydrogens (tertiary/aromatic N) is 1. The van der Waals surface area contributed by atoms with Crippen LogP contribution in [0.2, 0.25) is 0 Å². The highest BCUT2D eigenvalue weighted by molar-refractivity contribution is 4.84. The van der Waals surface area contributed by atoms with Gasteiger partial charge in [-0.1, -0.05) is 0 Å². The molecule has 2 heterocycles. The van der Waals surface area contributed by atoms with Crippen molar-refractivity contribution in [2.75, 3.05) is 39.9 Å². The molecule has 0 aromatic heterocycles. The molecule has 2 unspecified atom stereocenters. The Labute approximate surface area is 86.8 Å². The molecular weight excluding hydrogens is 176 g/mol. The van der Waals surface area contributed by atoms with Crippen molar-refractivity contribution in [3.05, 3.63) is 0 Å². The summed E-state index contributed by atoms with van der Waals surface area (Å²) >= 11 is 0. The molecule has 0 radical (unpaired) electrons. The fourth-order valence-electron chi connectivity index (χ4n) is 2.70. The Kier molecular flexibility index (Phi) is 3.79. The molecule has 2 fully saturated rings. The highest BCUT2D eigenvalue weighted by atomic mass is 16.5. The van der Waals surface area contributed by atoms with Crippen LogP contribution in [-0.4, -0.2) is 50.8 Å². The minimum absolute atomic E-state index is 0.604. The van der Waals surface area contributed by atoms with Gasteiger partial charge in [0, 0.05) is 19.7 Å². The van der Waals surface area contributed by atoms with E-state index in [9.17, 15) is 0 Å². The predicted octanol–water partition coefficient (Wildman–Crippen LogP) is 0.707. The third kappa shape index (κ3) is 2.69. The second-order valence-electron chi connectivity index (χ2n) is 4.67. The van der Waals surface area contributed by atoms with Gasteiger partial charge in [0.1, 0.15) is 0 Å². The summed E-state index contributed by atoms with van der Waals surface area (Å²) in [4.78, 5) is 2.61. The third-order valence-electron chi connectivity index (χ3n) is 3.40. The Bertz CT molecular complexity index is 169. The van der Waals surface area contributed by atoms with Crippen molar-refractivity contribution >= 4 is 0 Å². The summed E-state index contributed by atoms with van der Waals surface area (Å²) in [5, 5.41) is 3.53. The van der Waals surface area contributed by atoms with Crippen LogP contribution in [0.3, 0.4) is 0 Å². The number of hydrogen-bond donors (Lipinski definition) is 1. The zero-order chi connectivity index (χ0) is 9.80. The monoisotopic (exact) mass is 198 g/mol. The van der Waals surface area contributed by atoms with Crippen LogP contribution in [0.1, 0.15) is 19.3 Å². The number of hydrogen-bond acceptors (Lipinski definition) is 3. The van der Waals surface area contributed by atoms with Gasteiger partial charge in [0.2, 0.25) is 0 Å². The van der Waals surface area contributed by atoms with Crippen molar-refractivity contribution < 1.29 is 4.74 Å². The average Bonchev–Trinajstić information content (AvgIpc) is 2.79. The molecule has 0 aromatic carbocycles. The van der Waals surface area contributed by atoms with Crippen molar-refractivity contribution in [2.45, 2.75) is 25.3 Å². The molecule has 1 N–H and O–H groups in total. The van der Waals surface area contributed by atoms with Gasteiger partial charge in [-0.25, -0.2) is 0 Å². The van der Waals surface area contributed by atoms with Crippen LogP contribution in [0.25, 0.3) is 0 Å². The van der Waals surface area contributed by atoms with E-state index < -0.39 is 0 Å². The molecule has 14 heavy (non-hydrogen) atoms. The lowest BCUT2D eigenvalue weighted by Gasteiger charge is -2.18. The summed E-state index contributed by atoms with van der Waals surface area (Å²) in [5.41, 5.74) is 0. The lowest BCUT2D eigenvalue weighted by atomic mass is 10.1. The van der Waals surface area contributed by atoms with Gasteiger partial charge in [0.15, 0.2) is 0 Å². The summed E-state index contributed by atoms with van der Waals surface area (Å²) in [6.45, 7) is 6.01. The summed E-state index contributed by atoms with van der Waals surface area (Å²) in [6, 6.07) is 0.604. The summed E-state index contributed by atoms with van der Waals surface area (Å²) in [6.07, 6.45) is 4.10. The van der Waals surface area contributed by atoms with E-state index >= 15 is 0 Å². The van der Waals surface area contributed by atoms with Gasteiger partial charge in [0.25, 0.3) is 0 Å². The number of ether oxygens (including phenoxy) is 1. The minimum atomic E-state index is 0.604. The van der Waals surface area contributed by atoms with Gasteiger partial charge in [-0.2, -0.15) is 0 Å². The highest BCUT2D eigenvalue weighted by Gasteiger charge is 2.26. The lowest BCUT2D eigenvalue weighted by Crippen LogP contribution is -2.27. The van der Waals surface area contributed by atoms with Gasteiger partial charge < -0.3 is 15.0 Å². The van der Waals surface area contributed by atoms with E-state index in [0.29, 0.717) is 6.04 Å². The van der Waals surface area contributed by atoms with Crippen LogP contribution in [0.5, 0.6) is 0 Å². The molecule has 3 nitrogen and oxygen atoms in total. The van der Waals surface area contributed by atoms with Crippen molar-refractivity contribution in [1.82, 2.24) is 10.2 Å². The first kappa shape index (κ1) is 10.4. The van der Waals surface area contributed by atoms with E-state index in [1.54, 1.807) is 7.11 Å². The Hall–Kier alpha value is -0.120. The van der Waals surface area contributed by atoms with Crippen LogP contribution in [0.4, 0.5) is 0 Å². The van der Waals surface area contributed by atoms with Crippen LogP contribution >= 0.6 is 0 Å². The maximum Gasteiger partial charge on any atom is 0.0615 e. The second kappa shape index (κ2) is 5.10. The zero-order valence-electron chi connectivity index (χ0n) is 9.17. The Morgan fingerprint density at radius 2 is 2.14 bits per heavy atom. The average molecular weight is 198 g/mol. The number of nitrogens with one attached hydrogen (secondary N) is 1. The highest BCUT2D eigenvalue weighted by Crippen LogP contribution is 2.18. The predicted molar refractivity (Wildman–Crippen MR) is 57.4 cm³/mol. The topological polar surface area (TPSA) is 24.5 Å². The van der Waals surface area contributed by atoms with E-state index in [2.05, 4.69) is 10.2 Å². The maximum atomic E-state index is 5.17. The lowest BCUT2D eigenvalue weighted by molar-refractivity contribution is 0.171. The Morgan fingerprint density at radius 1 is 1.36 bits per heavy atom. The molecule has 0 spiro atoms. The minimum Gasteiger partial charge on any atom is -0.383 e. The molecule has 82 valence electrons. The fraction of sp³-hybridized carbons (Fsp3) is 1.00. The molecule has 0 aliphatic carbocycles. The summed E-state index contributed by atoms with van der Waals surface area (Å²) in [5.74, 6) is 0.855. The quantitative estimate of drug-likeness (QED) is 0.720. The zero-order valence-corrected chi connectivity index (χ0v) is 9.17. The smallest absolute Gasteiger partial charge is 0.0615 e. The van der Waals surface area contributed by atoms with Gasteiger partial charge in [-0.3, -0.25) is 0 Å². The first-order chi connectivity index (χ1) is 6.88. The van der Waals surface area contributed by atoms with Gasteiger partial charge in [-0.15, -0.1) is 0 Å². The van der Waals surface area contributed by atoms with E-state index in [1.165, 1.54) is 45.4 Å². The fourth-order valence-corrected chi connectivity index (χ4v) is 2.70. The molecule has 0 saturated carbocycles. The first-order valence-electron chi connectivity index (χ1n) is 5.83. The Morgan fingerprint density at radius 3 is 2.86 bits per heavy atom. The molecule has 0 bridgehead atoms. The number of likely N-dealkylation sites (tertiary alicyclic amines) is 1. The summed E-state index contributed by atoms with van der Waals surface area (Å²) < 4.78 is 5.17. The largest absolute Gasteiger partial charge is 0.383 e. The van der Waals surface area contributed by atoms with Crippen LogP contribution in [0.15, 0.2) is 0 Å². The first-order valence-corrected chi connectivity index (χ1v) is 5.83. The number of rotatable bonds is 4.